The first-order valence-electron chi connectivity index (χ1n) is 13.2. The van der Waals surface area contributed by atoms with Crippen LogP contribution in [0.4, 0.5) is 0 Å². The first kappa shape index (κ1) is 30.9. The largest absolute Gasteiger partial charge is 0.495 e. The van der Waals surface area contributed by atoms with Crippen LogP contribution in [0.5, 0.6) is 11.5 Å². The average molecular weight is 607 g/mol. The maximum Gasteiger partial charge on any atom is 0.345 e. The van der Waals surface area contributed by atoms with Crippen molar-refractivity contribution in [1.29, 1.82) is 0 Å². The zero-order valence-electron chi connectivity index (χ0n) is 22.9. The zero-order chi connectivity index (χ0) is 31.2. The van der Waals surface area contributed by atoms with Crippen LogP contribution in [0.3, 0.4) is 0 Å². The van der Waals surface area contributed by atoms with Crippen LogP contribution in [0.2, 0.25) is 0 Å². The maximum absolute atomic E-state index is 13.4. The van der Waals surface area contributed by atoms with Gasteiger partial charge in [0, 0.05) is 16.7 Å². The van der Waals surface area contributed by atoms with E-state index >= 15 is 0 Å². The number of rotatable bonds is 7. The number of ketones is 2. The third-order valence-electron chi connectivity index (χ3n) is 7.52. The molecule has 6 N–H and O–H groups in total. The Kier molecular flexibility index (Phi) is 8.80. The van der Waals surface area contributed by atoms with Gasteiger partial charge in [-0.05, 0) is 6.07 Å². The zero-order valence-corrected chi connectivity index (χ0v) is 22.9. The highest BCUT2D eigenvalue weighted by atomic mass is 16.7. The molecule has 232 valence electrons. The number of carbonyl (C=O) groups is 3. The van der Waals surface area contributed by atoms with Crippen LogP contribution < -0.4 is 9.47 Å². The predicted octanol–water partition coefficient (Wildman–Crippen LogP) is -2.10. The summed E-state index contributed by atoms with van der Waals surface area (Å²) in [5.41, 5.74) is -0.585. The summed E-state index contributed by atoms with van der Waals surface area (Å²) in [5, 5.41) is 61.4. The molecule has 0 bridgehead atoms. The molecule has 3 aliphatic rings. The second kappa shape index (κ2) is 12.2. The number of hydrogen-bond donors (Lipinski definition) is 6. The molecule has 2 heterocycles. The Bertz CT molecular complexity index is 1410. The van der Waals surface area contributed by atoms with Gasteiger partial charge in [0.2, 0.25) is 6.29 Å². The fraction of sp³-hybridized carbons (Fsp3) is 0.464. The molecule has 2 saturated heterocycles. The molecule has 15 nitrogen and oxygen atoms in total. The molecule has 2 aromatic rings. The molecule has 2 aliphatic heterocycles. The lowest BCUT2D eigenvalue weighted by atomic mass is 9.82. The minimum absolute atomic E-state index is 0.0999. The maximum atomic E-state index is 13.4. The van der Waals surface area contributed by atoms with Crippen LogP contribution in [0.25, 0.3) is 0 Å². The molecule has 0 spiro atoms. The van der Waals surface area contributed by atoms with Gasteiger partial charge in [-0.2, -0.15) is 0 Å². The quantitative estimate of drug-likeness (QED) is 0.158. The van der Waals surface area contributed by atoms with Crippen molar-refractivity contribution in [3.8, 4) is 11.5 Å². The Labute approximate surface area is 243 Å². The topological polar surface area (TPSA) is 228 Å². The molecule has 43 heavy (non-hydrogen) atoms. The number of aliphatic hydroxyl groups excluding tert-OH is 6. The molecule has 2 fully saturated rings. The van der Waals surface area contributed by atoms with E-state index in [0.717, 1.165) is 13.2 Å². The van der Waals surface area contributed by atoms with Crippen molar-refractivity contribution in [2.45, 2.75) is 55.3 Å². The highest BCUT2D eigenvalue weighted by Gasteiger charge is 2.47. The number of methoxy groups -OCH3 is 2. The summed E-state index contributed by atoms with van der Waals surface area (Å²) in [5.74, 6) is -2.92. The van der Waals surface area contributed by atoms with E-state index in [9.17, 15) is 45.0 Å². The Morgan fingerprint density at radius 1 is 0.860 bits per heavy atom. The van der Waals surface area contributed by atoms with E-state index < -0.39 is 90.8 Å². The van der Waals surface area contributed by atoms with Crippen LogP contribution >= 0.6 is 0 Å². The molecule has 15 heteroatoms. The normalized spacial score (nSPS) is 32.0. The summed E-state index contributed by atoms with van der Waals surface area (Å²) in [7, 11) is 2.23. The minimum atomic E-state index is -1.90. The Hall–Kier alpha value is -3.51. The van der Waals surface area contributed by atoms with E-state index in [0.29, 0.717) is 0 Å². The Morgan fingerprint density at radius 3 is 2.16 bits per heavy atom. The fourth-order valence-electron chi connectivity index (χ4n) is 5.18. The minimum Gasteiger partial charge on any atom is -0.495 e. The highest BCUT2D eigenvalue weighted by molar-refractivity contribution is 6.30. The molecule has 1 aliphatic carbocycles. The molecule has 0 unspecified atom stereocenters. The van der Waals surface area contributed by atoms with E-state index in [4.69, 9.17) is 28.4 Å². The van der Waals surface area contributed by atoms with Crippen LogP contribution in [-0.2, 0) is 18.9 Å². The van der Waals surface area contributed by atoms with E-state index in [-0.39, 0.29) is 34.6 Å². The molecule has 9 atom stereocenters. The second-order valence-electron chi connectivity index (χ2n) is 10.1. The molecule has 2 aromatic carbocycles. The van der Waals surface area contributed by atoms with Crippen LogP contribution in [-0.4, -0.2) is 131 Å². The van der Waals surface area contributed by atoms with Crippen molar-refractivity contribution < 1.29 is 73.4 Å². The first-order chi connectivity index (χ1) is 20.5. The van der Waals surface area contributed by atoms with Gasteiger partial charge in [0.25, 0.3) is 0 Å². The van der Waals surface area contributed by atoms with Gasteiger partial charge in [-0.15, -0.1) is 0 Å². The highest BCUT2D eigenvalue weighted by Crippen LogP contribution is 2.42. The standard InChI is InChI=1S/C28H30O15/c1-38-25-16-12(18(30)10-5-3-4-6-11(10)19(16)31)7-14(17(25)26(37)39-2)42-28-24(36)22(34)21(33)15(43-28)9-41-27-23(35)20(32)13(29)8-40-27/h3-7,13,15,20-24,27-29,32-36H,8-9H2,1-2H3/t13-,15+,20-,21+,22-,23-,24+,27+,28+/m0/s1. The van der Waals surface area contributed by atoms with Crippen molar-refractivity contribution in [2.24, 2.45) is 0 Å². The molecule has 0 saturated carbocycles. The first-order valence-corrected chi connectivity index (χ1v) is 13.2. The summed E-state index contributed by atoms with van der Waals surface area (Å²) in [4.78, 5) is 39.8. The smallest absolute Gasteiger partial charge is 0.345 e. The fourth-order valence-corrected chi connectivity index (χ4v) is 5.18. The van der Waals surface area contributed by atoms with Crippen LogP contribution in [0, 0.1) is 0 Å². The summed E-state index contributed by atoms with van der Waals surface area (Å²) in [6, 6.07) is 7.17. The van der Waals surface area contributed by atoms with E-state index in [1.54, 1.807) is 12.1 Å². The number of hydrogen-bond acceptors (Lipinski definition) is 15. The average Bonchev–Trinajstić information content (AvgIpc) is 3.01. The van der Waals surface area contributed by atoms with Gasteiger partial charge in [-0.3, -0.25) is 9.59 Å². The lowest BCUT2D eigenvalue weighted by Crippen LogP contribution is -2.61. The van der Waals surface area contributed by atoms with Gasteiger partial charge in [0.15, 0.2) is 17.9 Å². The lowest BCUT2D eigenvalue weighted by Gasteiger charge is -2.41. The Morgan fingerprint density at radius 2 is 1.51 bits per heavy atom. The van der Waals surface area contributed by atoms with E-state index in [1.165, 1.54) is 19.2 Å². The second-order valence-corrected chi connectivity index (χ2v) is 10.1. The molecule has 0 amide bonds. The molecule has 0 radical (unpaired) electrons. The van der Waals surface area contributed by atoms with Crippen molar-refractivity contribution >= 4 is 17.5 Å². The third-order valence-corrected chi connectivity index (χ3v) is 7.52. The van der Waals surface area contributed by atoms with E-state index in [1.807, 2.05) is 0 Å². The molecular weight excluding hydrogens is 576 g/mol. The van der Waals surface area contributed by atoms with Gasteiger partial charge >= 0.3 is 5.97 Å². The number of esters is 1. The predicted molar refractivity (Wildman–Crippen MR) is 139 cm³/mol. The summed E-state index contributed by atoms with van der Waals surface area (Å²) >= 11 is 0. The van der Waals surface area contributed by atoms with Gasteiger partial charge in [0.1, 0.15) is 59.8 Å². The number of fused-ring (bicyclic) bond motifs is 2. The molecular formula is C28H30O15. The van der Waals surface area contributed by atoms with Crippen LogP contribution in [0.1, 0.15) is 42.2 Å². The van der Waals surface area contributed by atoms with Gasteiger partial charge in [0.05, 0.1) is 33.0 Å². The molecule has 5 rings (SSSR count). The monoisotopic (exact) mass is 606 g/mol. The lowest BCUT2D eigenvalue weighted by molar-refractivity contribution is -0.307. The van der Waals surface area contributed by atoms with Gasteiger partial charge in [-0.25, -0.2) is 4.79 Å². The molecule has 0 aromatic heterocycles. The Balaban J connectivity index is 1.47. The van der Waals surface area contributed by atoms with Gasteiger partial charge < -0.3 is 59.1 Å². The van der Waals surface area contributed by atoms with Gasteiger partial charge in [-0.1, -0.05) is 24.3 Å². The third kappa shape index (κ3) is 5.39. The van der Waals surface area contributed by atoms with Crippen molar-refractivity contribution in [3.63, 3.8) is 0 Å². The van der Waals surface area contributed by atoms with Crippen LogP contribution in [0.15, 0.2) is 30.3 Å². The number of ether oxygens (including phenoxy) is 6. The SMILES string of the molecule is COC(=O)c1c(O[C@@H]2O[C@H](CO[C@H]3OC[C@H](O)[C@H](O)[C@@H]3O)[C@@H](O)[C@H](O)[C@H]2O)cc2c(c1OC)C(=O)c1ccccc1C2=O. The number of aliphatic hydroxyl groups is 6. The van der Waals surface area contributed by atoms with Crippen molar-refractivity contribution in [1.82, 2.24) is 0 Å². The number of carbonyl (C=O) groups excluding carboxylic acids is 3. The number of benzene rings is 2. The van der Waals surface area contributed by atoms with Crippen molar-refractivity contribution in [3.05, 3.63) is 58.1 Å². The van der Waals surface area contributed by atoms with Crippen molar-refractivity contribution in [2.75, 3.05) is 27.4 Å². The summed E-state index contributed by atoms with van der Waals surface area (Å²) in [6.45, 7) is -0.914. The van der Waals surface area contributed by atoms with E-state index in [2.05, 4.69) is 0 Å². The summed E-state index contributed by atoms with van der Waals surface area (Å²) in [6.07, 6.45) is -14.7. The summed E-state index contributed by atoms with van der Waals surface area (Å²) < 4.78 is 32.3.